The predicted octanol–water partition coefficient (Wildman–Crippen LogP) is 4.09. The Kier molecular flexibility index (Phi) is 3.34. The van der Waals surface area contributed by atoms with Crippen LogP contribution in [0.1, 0.15) is 35.0 Å². The number of carbonyl (C=O) groups excluding carboxylic acids is 1. The van der Waals surface area contributed by atoms with Crippen LogP contribution in [0.5, 0.6) is 0 Å². The maximum Gasteiger partial charge on any atom is 0.213 e. The summed E-state index contributed by atoms with van der Waals surface area (Å²) in [7, 11) is 0. The van der Waals surface area contributed by atoms with E-state index < -0.39 is 0 Å². The summed E-state index contributed by atoms with van der Waals surface area (Å²) in [5, 5.41) is 4.77. The SMILES string of the molecule is CC(=O)c1cccc(Nc2c3c([nH+]c4ccccc24)CCC3)c1. The summed E-state index contributed by atoms with van der Waals surface area (Å²) in [4.78, 5) is 15.2. The number of rotatable bonds is 3. The molecular formula is C20H19N2O+. The number of aryl methyl sites for hydroxylation is 1. The first-order chi connectivity index (χ1) is 11.2. The van der Waals surface area contributed by atoms with Crippen LogP contribution in [0.2, 0.25) is 0 Å². The quantitative estimate of drug-likeness (QED) is 0.741. The molecule has 114 valence electrons. The number of hydrogen-bond acceptors (Lipinski definition) is 2. The summed E-state index contributed by atoms with van der Waals surface area (Å²) >= 11 is 0. The Morgan fingerprint density at radius 1 is 1.09 bits per heavy atom. The van der Waals surface area contributed by atoms with E-state index in [-0.39, 0.29) is 5.78 Å². The lowest BCUT2D eigenvalue weighted by Crippen LogP contribution is -2.14. The van der Waals surface area contributed by atoms with Crippen LogP contribution in [0.15, 0.2) is 48.5 Å². The Morgan fingerprint density at radius 3 is 2.83 bits per heavy atom. The number of nitrogens with one attached hydrogen (secondary N) is 2. The van der Waals surface area contributed by atoms with Gasteiger partial charge in [-0.2, -0.15) is 0 Å². The van der Waals surface area contributed by atoms with Crippen LogP contribution in [0.25, 0.3) is 10.9 Å². The van der Waals surface area contributed by atoms with Gasteiger partial charge in [0, 0.05) is 29.3 Å². The Hall–Kier alpha value is -2.68. The molecule has 1 heterocycles. The molecule has 0 unspecified atom stereocenters. The topological polar surface area (TPSA) is 43.2 Å². The molecular weight excluding hydrogens is 284 g/mol. The van der Waals surface area contributed by atoms with Crippen molar-refractivity contribution in [2.45, 2.75) is 26.2 Å². The molecule has 1 aliphatic rings. The van der Waals surface area contributed by atoms with E-state index in [1.165, 1.54) is 28.8 Å². The largest absolute Gasteiger partial charge is 0.354 e. The van der Waals surface area contributed by atoms with E-state index in [2.05, 4.69) is 34.6 Å². The van der Waals surface area contributed by atoms with Crippen LogP contribution in [0.3, 0.4) is 0 Å². The minimum Gasteiger partial charge on any atom is -0.354 e. The molecule has 4 rings (SSSR count). The fourth-order valence-corrected chi connectivity index (χ4v) is 3.40. The number of fused-ring (bicyclic) bond motifs is 2. The third-order valence-electron chi connectivity index (χ3n) is 4.54. The van der Waals surface area contributed by atoms with Gasteiger partial charge in [0.15, 0.2) is 11.5 Å². The third-order valence-corrected chi connectivity index (χ3v) is 4.54. The fraction of sp³-hybridized carbons (Fsp3) is 0.200. The molecule has 0 amide bonds. The lowest BCUT2D eigenvalue weighted by atomic mass is 10.1. The minimum absolute atomic E-state index is 0.0881. The van der Waals surface area contributed by atoms with Crippen LogP contribution in [0, 0.1) is 0 Å². The number of benzene rings is 2. The number of Topliss-reactive ketones (excluding diaryl/α,β-unsaturated/α-hetero) is 1. The van der Waals surface area contributed by atoms with E-state index in [4.69, 9.17) is 0 Å². The first kappa shape index (κ1) is 13.9. The maximum absolute atomic E-state index is 11.6. The van der Waals surface area contributed by atoms with Crippen molar-refractivity contribution >= 4 is 28.1 Å². The molecule has 0 fully saturated rings. The predicted molar refractivity (Wildman–Crippen MR) is 92.3 cm³/mol. The van der Waals surface area contributed by atoms with E-state index in [1.54, 1.807) is 6.92 Å². The van der Waals surface area contributed by atoms with Gasteiger partial charge in [-0.1, -0.05) is 24.3 Å². The van der Waals surface area contributed by atoms with Crippen molar-refractivity contribution in [2.75, 3.05) is 5.32 Å². The second-order valence-corrected chi connectivity index (χ2v) is 6.12. The van der Waals surface area contributed by atoms with Gasteiger partial charge in [-0.15, -0.1) is 0 Å². The van der Waals surface area contributed by atoms with E-state index >= 15 is 0 Å². The number of para-hydroxylation sites is 1. The molecule has 2 N–H and O–H groups in total. The Labute approximate surface area is 135 Å². The zero-order valence-electron chi connectivity index (χ0n) is 13.1. The van der Waals surface area contributed by atoms with Gasteiger partial charge in [-0.25, -0.2) is 4.98 Å². The molecule has 3 heteroatoms. The van der Waals surface area contributed by atoms with Gasteiger partial charge >= 0.3 is 0 Å². The van der Waals surface area contributed by atoms with Crippen molar-refractivity contribution in [3.8, 4) is 0 Å². The molecule has 23 heavy (non-hydrogen) atoms. The summed E-state index contributed by atoms with van der Waals surface area (Å²) < 4.78 is 0. The molecule has 0 atom stereocenters. The number of carbonyl (C=O) groups is 1. The van der Waals surface area contributed by atoms with E-state index in [9.17, 15) is 4.79 Å². The number of anilines is 2. The van der Waals surface area contributed by atoms with Gasteiger partial charge in [0.2, 0.25) is 5.52 Å². The maximum atomic E-state index is 11.6. The summed E-state index contributed by atoms with van der Waals surface area (Å²) in [5.41, 5.74) is 6.72. The Morgan fingerprint density at radius 2 is 1.96 bits per heavy atom. The van der Waals surface area contributed by atoms with Crippen molar-refractivity contribution in [1.82, 2.24) is 0 Å². The third kappa shape index (κ3) is 2.48. The summed E-state index contributed by atoms with van der Waals surface area (Å²) in [6, 6.07) is 16.1. The average molecular weight is 303 g/mol. The molecule has 3 aromatic rings. The average Bonchev–Trinajstić information content (AvgIpc) is 3.03. The van der Waals surface area contributed by atoms with Gasteiger partial charge < -0.3 is 5.32 Å². The lowest BCUT2D eigenvalue weighted by Gasteiger charge is -2.12. The smallest absolute Gasteiger partial charge is 0.213 e. The van der Waals surface area contributed by atoms with Crippen molar-refractivity contribution in [2.24, 2.45) is 0 Å². The molecule has 0 spiro atoms. The van der Waals surface area contributed by atoms with E-state index in [1.807, 2.05) is 24.3 Å². The Bertz CT molecular complexity index is 915. The molecule has 3 nitrogen and oxygen atoms in total. The number of pyridine rings is 1. The van der Waals surface area contributed by atoms with Gasteiger partial charge in [0.25, 0.3) is 0 Å². The number of H-pyrrole nitrogens is 1. The number of hydrogen-bond donors (Lipinski definition) is 1. The first-order valence-electron chi connectivity index (χ1n) is 8.06. The summed E-state index contributed by atoms with van der Waals surface area (Å²) in [6.07, 6.45) is 3.37. The second kappa shape index (κ2) is 5.51. The monoisotopic (exact) mass is 303 g/mol. The molecule has 1 aliphatic carbocycles. The minimum atomic E-state index is 0.0881. The highest BCUT2D eigenvalue weighted by atomic mass is 16.1. The molecule has 0 aliphatic heterocycles. The highest BCUT2D eigenvalue weighted by molar-refractivity contribution is 5.96. The van der Waals surface area contributed by atoms with Gasteiger partial charge in [0.05, 0.1) is 11.1 Å². The van der Waals surface area contributed by atoms with Crippen molar-refractivity contribution < 1.29 is 9.78 Å². The summed E-state index contributed by atoms with van der Waals surface area (Å²) in [6.45, 7) is 1.60. The fourth-order valence-electron chi connectivity index (χ4n) is 3.40. The van der Waals surface area contributed by atoms with Crippen molar-refractivity contribution in [1.29, 1.82) is 0 Å². The van der Waals surface area contributed by atoms with Gasteiger partial charge in [0.1, 0.15) is 0 Å². The van der Waals surface area contributed by atoms with Crippen molar-refractivity contribution in [3.63, 3.8) is 0 Å². The zero-order chi connectivity index (χ0) is 15.8. The Balaban J connectivity index is 1.85. The first-order valence-corrected chi connectivity index (χ1v) is 8.06. The normalized spacial score (nSPS) is 13.1. The number of aromatic nitrogens is 1. The van der Waals surface area contributed by atoms with Crippen molar-refractivity contribution in [3.05, 3.63) is 65.4 Å². The van der Waals surface area contributed by atoms with E-state index in [0.717, 1.165) is 29.6 Å². The van der Waals surface area contributed by atoms with Crippen LogP contribution in [-0.4, -0.2) is 5.78 Å². The molecule has 2 aromatic carbocycles. The van der Waals surface area contributed by atoms with Crippen LogP contribution >= 0.6 is 0 Å². The van der Waals surface area contributed by atoms with Gasteiger partial charge in [-0.05, 0) is 38.0 Å². The lowest BCUT2D eigenvalue weighted by molar-refractivity contribution is -0.356. The number of ketones is 1. The molecule has 0 bridgehead atoms. The summed E-state index contributed by atoms with van der Waals surface area (Å²) in [5.74, 6) is 0.0881. The number of aromatic amines is 1. The van der Waals surface area contributed by atoms with Crippen LogP contribution in [0.4, 0.5) is 11.4 Å². The standard InChI is InChI=1S/C20H18N2O/c1-13(23)14-6-4-7-15(12-14)21-20-16-8-2-3-10-18(16)22-19-11-5-9-17(19)20/h2-4,6-8,10,12H,5,9,11H2,1H3,(H,21,22)/p+1. The van der Waals surface area contributed by atoms with Crippen LogP contribution in [-0.2, 0) is 12.8 Å². The molecule has 0 saturated heterocycles. The van der Waals surface area contributed by atoms with Gasteiger partial charge in [-0.3, -0.25) is 4.79 Å². The van der Waals surface area contributed by atoms with E-state index in [0.29, 0.717) is 0 Å². The zero-order valence-corrected chi connectivity index (χ0v) is 13.1. The highest BCUT2D eigenvalue weighted by Crippen LogP contribution is 2.34. The molecule has 0 saturated carbocycles. The second-order valence-electron chi connectivity index (χ2n) is 6.12. The van der Waals surface area contributed by atoms with Crippen LogP contribution < -0.4 is 10.3 Å². The molecule has 1 aromatic heterocycles. The highest BCUT2D eigenvalue weighted by Gasteiger charge is 2.24. The molecule has 0 radical (unpaired) electrons.